The molecule has 0 spiro atoms. The number of hydrogen-bond donors (Lipinski definition) is 0. The van der Waals surface area contributed by atoms with Crippen LogP contribution in [0.1, 0.15) is 56.7 Å². The fourth-order valence-corrected chi connectivity index (χ4v) is 4.50. The van der Waals surface area contributed by atoms with E-state index in [9.17, 15) is 0 Å². The molecule has 0 aliphatic carbocycles. The van der Waals surface area contributed by atoms with E-state index in [2.05, 4.69) is 79.0 Å². The molecule has 132 valence electrons. The first kappa shape index (κ1) is 18.1. The predicted molar refractivity (Wildman–Crippen MR) is 106 cm³/mol. The molecule has 2 heterocycles. The van der Waals surface area contributed by atoms with E-state index in [-0.39, 0.29) is 0 Å². The van der Waals surface area contributed by atoms with E-state index in [1.54, 1.807) is 23.1 Å². The third-order valence-electron chi connectivity index (χ3n) is 3.92. The lowest BCUT2D eigenvalue weighted by Gasteiger charge is -2.15. The maximum atomic E-state index is 4.78. The summed E-state index contributed by atoms with van der Waals surface area (Å²) < 4.78 is 2.24. The Morgan fingerprint density at radius 1 is 1.08 bits per heavy atom. The molecule has 0 unspecified atom stereocenters. The summed E-state index contributed by atoms with van der Waals surface area (Å²) in [5.41, 5.74) is 3.54. The minimum absolute atomic E-state index is 0.355. The Morgan fingerprint density at radius 2 is 1.80 bits per heavy atom. The van der Waals surface area contributed by atoms with E-state index in [0.717, 1.165) is 27.4 Å². The van der Waals surface area contributed by atoms with Gasteiger partial charge in [0.15, 0.2) is 5.16 Å². The molecule has 3 aromatic rings. The summed E-state index contributed by atoms with van der Waals surface area (Å²) in [6.07, 6.45) is 0. The highest BCUT2D eigenvalue weighted by molar-refractivity contribution is 7.98. The normalized spacial score (nSPS) is 11.6. The fraction of sp³-hybridized carbons (Fsp3) is 0.421. The van der Waals surface area contributed by atoms with Gasteiger partial charge in [0.25, 0.3) is 0 Å². The van der Waals surface area contributed by atoms with Crippen LogP contribution in [0.4, 0.5) is 0 Å². The summed E-state index contributed by atoms with van der Waals surface area (Å²) in [6.45, 7) is 10.8. The molecule has 25 heavy (non-hydrogen) atoms. The number of benzene rings is 1. The Morgan fingerprint density at radius 3 is 2.44 bits per heavy atom. The first-order valence-corrected chi connectivity index (χ1v) is 10.4. The molecular formula is C19H24N4S2. The second-order valence-corrected chi connectivity index (χ2v) is 8.56. The smallest absolute Gasteiger partial charge is 0.191 e. The summed E-state index contributed by atoms with van der Waals surface area (Å²) in [5.74, 6) is 2.23. The Balaban J connectivity index is 1.74. The summed E-state index contributed by atoms with van der Waals surface area (Å²) >= 11 is 3.41. The number of thioether (sulfide) groups is 1. The second-order valence-electron chi connectivity index (χ2n) is 6.76. The first-order chi connectivity index (χ1) is 12.0. The molecule has 0 atom stereocenters. The van der Waals surface area contributed by atoms with Crippen molar-refractivity contribution in [3.05, 3.63) is 46.7 Å². The fourth-order valence-electron chi connectivity index (χ4n) is 2.61. The van der Waals surface area contributed by atoms with Crippen LogP contribution in [0.3, 0.4) is 0 Å². The lowest BCUT2D eigenvalue weighted by Crippen LogP contribution is -2.09. The monoisotopic (exact) mass is 372 g/mol. The molecule has 0 saturated heterocycles. The average molecular weight is 373 g/mol. The van der Waals surface area contributed by atoms with Gasteiger partial charge in [0.1, 0.15) is 10.8 Å². The quantitative estimate of drug-likeness (QED) is 0.520. The van der Waals surface area contributed by atoms with Crippen LogP contribution < -0.4 is 0 Å². The molecular weight excluding hydrogens is 348 g/mol. The van der Waals surface area contributed by atoms with Gasteiger partial charge in [-0.25, -0.2) is 4.98 Å². The number of hydrogen-bond acceptors (Lipinski definition) is 5. The maximum absolute atomic E-state index is 4.78. The first-order valence-electron chi connectivity index (χ1n) is 8.54. The molecule has 2 aromatic heterocycles. The van der Waals surface area contributed by atoms with Gasteiger partial charge in [0, 0.05) is 28.7 Å². The van der Waals surface area contributed by atoms with Crippen molar-refractivity contribution < 1.29 is 0 Å². The maximum Gasteiger partial charge on any atom is 0.191 e. The van der Waals surface area contributed by atoms with Gasteiger partial charge in [0.05, 0.1) is 5.69 Å². The summed E-state index contributed by atoms with van der Waals surface area (Å²) in [6, 6.07) is 8.88. The zero-order valence-corrected chi connectivity index (χ0v) is 17.0. The predicted octanol–water partition coefficient (Wildman–Crippen LogP) is 5.71. The largest absolute Gasteiger partial charge is 0.303 e. The Bertz CT molecular complexity index is 831. The van der Waals surface area contributed by atoms with Crippen LogP contribution in [0.5, 0.6) is 0 Å². The zero-order valence-electron chi connectivity index (χ0n) is 15.4. The molecule has 1 aromatic carbocycles. The molecule has 4 nitrogen and oxygen atoms in total. The van der Waals surface area contributed by atoms with Gasteiger partial charge >= 0.3 is 0 Å². The van der Waals surface area contributed by atoms with Crippen molar-refractivity contribution in [1.29, 1.82) is 0 Å². The molecule has 0 fully saturated rings. The minimum atomic E-state index is 0.355. The van der Waals surface area contributed by atoms with Crippen molar-refractivity contribution in [3.63, 3.8) is 0 Å². The Kier molecular flexibility index (Phi) is 5.59. The van der Waals surface area contributed by atoms with Gasteiger partial charge < -0.3 is 4.57 Å². The van der Waals surface area contributed by atoms with Crippen molar-refractivity contribution in [2.45, 2.75) is 57.5 Å². The molecule has 0 N–H and O–H groups in total. The van der Waals surface area contributed by atoms with Gasteiger partial charge in [-0.05, 0) is 20.8 Å². The van der Waals surface area contributed by atoms with Gasteiger partial charge in [-0.1, -0.05) is 55.4 Å². The molecule has 0 saturated carbocycles. The van der Waals surface area contributed by atoms with Crippen LogP contribution in [0.15, 0.2) is 34.8 Å². The van der Waals surface area contributed by atoms with Crippen LogP contribution in [0.25, 0.3) is 10.6 Å². The summed E-state index contributed by atoms with van der Waals surface area (Å²) in [5, 5.41) is 13.0. The molecule has 0 aliphatic heterocycles. The lowest BCUT2D eigenvalue weighted by molar-refractivity contribution is 0.512. The van der Waals surface area contributed by atoms with E-state index in [1.165, 1.54) is 11.1 Å². The Hall–Kier alpha value is -1.66. The molecule has 0 aliphatic rings. The van der Waals surface area contributed by atoms with Crippen LogP contribution in [0.2, 0.25) is 0 Å². The zero-order chi connectivity index (χ0) is 18.0. The lowest BCUT2D eigenvalue weighted by atomic mass is 10.2. The number of thiazole rings is 1. The number of aromatic nitrogens is 4. The third-order valence-corrected chi connectivity index (χ3v) is 5.84. The van der Waals surface area contributed by atoms with Crippen molar-refractivity contribution in [2.75, 3.05) is 0 Å². The van der Waals surface area contributed by atoms with Crippen molar-refractivity contribution in [3.8, 4) is 10.6 Å². The standard InChI is InChI=1S/C19H24N4S2/c1-12(2)17-21-22-19(23(17)13(3)4)25-11-16-10-24-18(20-16)15-8-6-14(5)7-9-15/h6-10,12-13H,11H2,1-5H3. The highest BCUT2D eigenvalue weighted by atomic mass is 32.2. The number of rotatable bonds is 6. The Labute approximate surface area is 157 Å². The van der Waals surface area contributed by atoms with Crippen molar-refractivity contribution >= 4 is 23.1 Å². The van der Waals surface area contributed by atoms with E-state index in [4.69, 9.17) is 4.98 Å². The molecule has 0 radical (unpaired) electrons. The molecule has 0 amide bonds. The topological polar surface area (TPSA) is 43.6 Å². The minimum Gasteiger partial charge on any atom is -0.303 e. The van der Waals surface area contributed by atoms with E-state index in [1.807, 2.05) is 0 Å². The van der Waals surface area contributed by atoms with Crippen LogP contribution in [0, 0.1) is 6.92 Å². The molecule has 0 bridgehead atoms. The third kappa shape index (κ3) is 4.12. The van der Waals surface area contributed by atoms with Gasteiger partial charge in [-0.2, -0.15) is 0 Å². The summed E-state index contributed by atoms with van der Waals surface area (Å²) in [7, 11) is 0. The van der Waals surface area contributed by atoms with Crippen molar-refractivity contribution in [1.82, 2.24) is 19.7 Å². The van der Waals surface area contributed by atoms with Crippen molar-refractivity contribution in [2.24, 2.45) is 0 Å². The van der Waals surface area contributed by atoms with Crippen LogP contribution in [-0.2, 0) is 5.75 Å². The highest BCUT2D eigenvalue weighted by Gasteiger charge is 2.18. The van der Waals surface area contributed by atoms with Gasteiger partial charge in [-0.15, -0.1) is 21.5 Å². The van der Waals surface area contributed by atoms with Crippen LogP contribution >= 0.6 is 23.1 Å². The average Bonchev–Trinajstić information content (AvgIpc) is 3.20. The highest BCUT2D eigenvalue weighted by Crippen LogP contribution is 2.30. The van der Waals surface area contributed by atoms with E-state index < -0.39 is 0 Å². The van der Waals surface area contributed by atoms with E-state index >= 15 is 0 Å². The second kappa shape index (κ2) is 7.70. The number of nitrogens with zero attached hydrogens (tertiary/aromatic N) is 4. The molecule has 3 rings (SSSR count). The van der Waals surface area contributed by atoms with E-state index in [0.29, 0.717) is 12.0 Å². The number of aryl methyl sites for hydroxylation is 1. The SMILES string of the molecule is Cc1ccc(-c2nc(CSc3nnc(C(C)C)n3C(C)C)cs2)cc1. The molecule has 6 heteroatoms. The summed E-state index contributed by atoms with van der Waals surface area (Å²) in [4.78, 5) is 4.78. The van der Waals surface area contributed by atoms with Crippen LogP contribution in [-0.4, -0.2) is 19.7 Å². The van der Waals surface area contributed by atoms with Gasteiger partial charge in [-0.3, -0.25) is 0 Å². The van der Waals surface area contributed by atoms with Gasteiger partial charge in [0.2, 0.25) is 0 Å².